The summed E-state index contributed by atoms with van der Waals surface area (Å²) in [6.45, 7) is 0. The average molecular weight is 273 g/mol. The van der Waals surface area contributed by atoms with Crippen LogP contribution in [0.15, 0.2) is 16.7 Å². The third-order valence-electron chi connectivity index (χ3n) is 2.32. The van der Waals surface area contributed by atoms with Crippen molar-refractivity contribution in [1.29, 1.82) is 0 Å². The van der Waals surface area contributed by atoms with Crippen molar-refractivity contribution in [2.75, 3.05) is 7.11 Å². The number of aromatic nitrogens is 1. The zero-order valence-electron chi connectivity index (χ0n) is 9.41. The van der Waals surface area contributed by atoms with Crippen LogP contribution in [0.2, 0.25) is 0 Å². The van der Waals surface area contributed by atoms with Crippen LogP contribution in [0.5, 0.6) is 5.75 Å². The molecule has 0 atom stereocenters. The molecule has 0 bridgehead atoms. The van der Waals surface area contributed by atoms with Gasteiger partial charge in [-0.25, -0.2) is 13.6 Å². The number of carbonyl (C=O) groups is 1. The molecule has 19 heavy (non-hydrogen) atoms. The molecular weight excluding hydrogens is 267 g/mol. The molecule has 2 aromatic rings. The van der Waals surface area contributed by atoms with Gasteiger partial charge < -0.3 is 14.4 Å². The number of benzene rings is 1. The standard InChI is InChI=1S/C11H6F3NO4/c1-18-10-4(2-5(12)8(13)9(10)14)6-3-7(11(16)17)19-15-6/h2-3H,1H3,(H,16,17). The zero-order valence-corrected chi connectivity index (χ0v) is 9.41. The fourth-order valence-corrected chi connectivity index (χ4v) is 1.47. The third kappa shape index (κ3) is 2.12. The molecule has 0 unspecified atom stereocenters. The third-order valence-corrected chi connectivity index (χ3v) is 2.32. The fraction of sp³-hybridized carbons (Fsp3) is 0.0909. The van der Waals surface area contributed by atoms with E-state index in [1.54, 1.807) is 0 Å². The van der Waals surface area contributed by atoms with Gasteiger partial charge in [-0.2, -0.15) is 4.39 Å². The first-order valence-electron chi connectivity index (χ1n) is 4.87. The quantitative estimate of drug-likeness (QED) is 0.869. The first kappa shape index (κ1) is 12.9. The number of methoxy groups -OCH3 is 1. The van der Waals surface area contributed by atoms with Crippen LogP contribution in [-0.2, 0) is 0 Å². The second-order valence-corrected chi connectivity index (χ2v) is 3.45. The summed E-state index contributed by atoms with van der Waals surface area (Å²) < 4.78 is 48.7. The van der Waals surface area contributed by atoms with Gasteiger partial charge >= 0.3 is 5.97 Å². The normalized spacial score (nSPS) is 10.5. The van der Waals surface area contributed by atoms with E-state index < -0.39 is 34.9 Å². The van der Waals surface area contributed by atoms with Crippen LogP contribution >= 0.6 is 0 Å². The lowest BCUT2D eigenvalue weighted by Gasteiger charge is -2.08. The van der Waals surface area contributed by atoms with Crippen molar-refractivity contribution < 1.29 is 32.3 Å². The lowest BCUT2D eigenvalue weighted by Crippen LogP contribution is -1.99. The molecule has 0 aliphatic rings. The fourth-order valence-electron chi connectivity index (χ4n) is 1.47. The van der Waals surface area contributed by atoms with Gasteiger partial charge in [0, 0.05) is 6.07 Å². The average Bonchev–Trinajstić information content (AvgIpc) is 2.85. The van der Waals surface area contributed by atoms with Crippen LogP contribution in [0.4, 0.5) is 13.2 Å². The maximum atomic E-state index is 13.5. The predicted octanol–water partition coefficient (Wildman–Crippen LogP) is 2.47. The van der Waals surface area contributed by atoms with Crippen LogP contribution in [0.1, 0.15) is 10.6 Å². The maximum Gasteiger partial charge on any atom is 0.374 e. The first-order valence-corrected chi connectivity index (χ1v) is 4.87. The number of hydrogen-bond donors (Lipinski definition) is 1. The summed E-state index contributed by atoms with van der Waals surface area (Å²) in [6.07, 6.45) is 0. The number of rotatable bonds is 3. The number of ether oxygens (including phenoxy) is 1. The van der Waals surface area contributed by atoms with Crippen LogP contribution in [0.25, 0.3) is 11.3 Å². The highest BCUT2D eigenvalue weighted by Gasteiger charge is 2.23. The van der Waals surface area contributed by atoms with Gasteiger partial charge in [0.2, 0.25) is 11.6 Å². The van der Waals surface area contributed by atoms with Gasteiger partial charge in [-0.3, -0.25) is 0 Å². The van der Waals surface area contributed by atoms with E-state index in [-0.39, 0.29) is 11.3 Å². The molecular formula is C11H6F3NO4. The van der Waals surface area contributed by atoms with Crippen molar-refractivity contribution in [3.63, 3.8) is 0 Å². The van der Waals surface area contributed by atoms with E-state index >= 15 is 0 Å². The summed E-state index contributed by atoms with van der Waals surface area (Å²) in [4.78, 5) is 10.6. The Labute approximate surface area is 104 Å². The number of hydrogen-bond acceptors (Lipinski definition) is 4. The maximum absolute atomic E-state index is 13.5. The summed E-state index contributed by atoms with van der Waals surface area (Å²) in [5.74, 6) is -7.19. The Hall–Kier alpha value is -2.51. The summed E-state index contributed by atoms with van der Waals surface area (Å²) in [5, 5.41) is 12.0. The summed E-state index contributed by atoms with van der Waals surface area (Å²) in [5.41, 5.74) is -0.442. The smallest absolute Gasteiger partial charge is 0.374 e. The number of carboxylic acid groups (broad SMARTS) is 1. The molecule has 100 valence electrons. The first-order chi connectivity index (χ1) is 8.95. The van der Waals surface area contributed by atoms with Gasteiger partial charge in [-0.1, -0.05) is 5.16 Å². The van der Waals surface area contributed by atoms with E-state index in [1.807, 2.05) is 0 Å². The molecule has 0 saturated carbocycles. The van der Waals surface area contributed by atoms with Gasteiger partial charge in [-0.15, -0.1) is 0 Å². The van der Waals surface area contributed by atoms with Gasteiger partial charge in [0.05, 0.1) is 12.7 Å². The second kappa shape index (κ2) is 4.63. The highest BCUT2D eigenvalue weighted by molar-refractivity contribution is 5.86. The Morgan fingerprint density at radius 3 is 2.53 bits per heavy atom. The molecule has 0 spiro atoms. The zero-order chi connectivity index (χ0) is 14.2. The molecule has 0 saturated heterocycles. The van der Waals surface area contributed by atoms with Gasteiger partial charge in [0.25, 0.3) is 0 Å². The Kier molecular flexibility index (Phi) is 3.16. The number of nitrogens with zero attached hydrogens (tertiary/aromatic N) is 1. The molecule has 0 fully saturated rings. The van der Waals surface area contributed by atoms with Gasteiger partial charge in [0.1, 0.15) is 5.69 Å². The topological polar surface area (TPSA) is 72.6 Å². The molecule has 5 nitrogen and oxygen atoms in total. The minimum atomic E-state index is -1.69. The Morgan fingerprint density at radius 2 is 2.00 bits per heavy atom. The minimum absolute atomic E-state index is 0.188. The highest BCUT2D eigenvalue weighted by Crippen LogP contribution is 2.34. The summed E-state index contributed by atoms with van der Waals surface area (Å²) >= 11 is 0. The monoisotopic (exact) mass is 273 g/mol. The SMILES string of the molecule is COc1c(-c2cc(C(=O)O)on2)cc(F)c(F)c1F. The van der Waals surface area contributed by atoms with Crippen LogP contribution in [0, 0.1) is 17.5 Å². The number of halogens is 3. The Balaban J connectivity index is 2.63. The number of carboxylic acids is 1. The van der Waals surface area contributed by atoms with Crippen LogP contribution in [-0.4, -0.2) is 23.3 Å². The lowest BCUT2D eigenvalue weighted by atomic mass is 10.1. The van der Waals surface area contributed by atoms with Crippen molar-refractivity contribution in [3.05, 3.63) is 35.3 Å². The van der Waals surface area contributed by atoms with Gasteiger partial charge in [-0.05, 0) is 6.07 Å². The predicted molar refractivity (Wildman–Crippen MR) is 55.3 cm³/mol. The van der Waals surface area contributed by atoms with Crippen molar-refractivity contribution in [2.45, 2.75) is 0 Å². The van der Waals surface area contributed by atoms with Gasteiger partial charge in [0.15, 0.2) is 17.4 Å². The van der Waals surface area contributed by atoms with Crippen molar-refractivity contribution in [3.8, 4) is 17.0 Å². The second-order valence-electron chi connectivity index (χ2n) is 3.45. The van der Waals surface area contributed by atoms with Crippen molar-refractivity contribution >= 4 is 5.97 Å². The molecule has 0 radical (unpaired) electrons. The highest BCUT2D eigenvalue weighted by atomic mass is 19.2. The van der Waals surface area contributed by atoms with Crippen molar-refractivity contribution in [1.82, 2.24) is 5.16 Å². The van der Waals surface area contributed by atoms with Crippen LogP contribution < -0.4 is 4.74 Å². The van der Waals surface area contributed by atoms with Crippen molar-refractivity contribution in [2.24, 2.45) is 0 Å². The molecule has 2 rings (SSSR count). The molecule has 1 aromatic carbocycles. The summed E-state index contributed by atoms with van der Waals surface area (Å²) in [6, 6.07) is 1.58. The largest absolute Gasteiger partial charge is 0.493 e. The van der Waals surface area contributed by atoms with E-state index in [4.69, 9.17) is 5.11 Å². The molecule has 8 heteroatoms. The van der Waals surface area contributed by atoms with E-state index in [1.165, 1.54) is 0 Å². The molecule has 1 heterocycles. The Morgan fingerprint density at radius 1 is 1.32 bits per heavy atom. The molecule has 0 aliphatic heterocycles. The molecule has 1 N–H and O–H groups in total. The summed E-state index contributed by atoms with van der Waals surface area (Å²) in [7, 11) is 1.05. The van der Waals surface area contributed by atoms with E-state index in [2.05, 4.69) is 14.4 Å². The molecule has 1 aromatic heterocycles. The Bertz CT molecular complexity index is 654. The van der Waals surface area contributed by atoms with E-state index in [9.17, 15) is 18.0 Å². The lowest BCUT2D eigenvalue weighted by molar-refractivity contribution is 0.0652. The minimum Gasteiger partial charge on any atom is -0.493 e. The molecule has 0 aliphatic carbocycles. The van der Waals surface area contributed by atoms with E-state index in [0.717, 1.165) is 13.2 Å². The van der Waals surface area contributed by atoms with E-state index in [0.29, 0.717) is 6.07 Å². The number of aromatic carboxylic acids is 1. The molecule has 0 amide bonds. The van der Waals surface area contributed by atoms with Crippen LogP contribution in [0.3, 0.4) is 0 Å².